The van der Waals surface area contributed by atoms with Crippen LogP contribution >= 0.6 is 27.7 Å². The number of carbonyl (C=O) groups excluding carboxylic acids is 2. The number of esters is 1. The van der Waals surface area contributed by atoms with E-state index in [1.165, 1.54) is 32.2 Å². The molecule has 134 valence electrons. The van der Waals surface area contributed by atoms with Gasteiger partial charge in [0.2, 0.25) is 5.91 Å². The predicted octanol–water partition coefficient (Wildman–Crippen LogP) is 1.95. The molecule has 8 nitrogen and oxygen atoms in total. The van der Waals surface area contributed by atoms with Gasteiger partial charge in [-0.15, -0.1) is 5.10 Å². The zero-order valence-electron chi connectivity index (χ0n) is 13.7. The molecule has 1 aromatic rings. The minimum atomic E-state index is -0.778. The molecule has 1 atom stereocenters. The average Bonchev–Trinajstić information content (AvgIpc) is 3.01. The van der Waals surface area contributed by atoms with E-state index in [1.807, 2.05) is 0 Å². The van der Waals surface area contributed by atoms with Crippen LogP contribution in [0.4, 0.5) is 0 Å². The SMILES string of the molecule is COC(=O)C(C)Oc1cc(Br)c(C=NN=C2NC(=O)CS2)cc1OC. The average molecular weight is 430 g/mol. The number of nitrogens with zero attached hydrogens (tertiary/aromatic N) is 2. The molecule has 1 unspecified atom stereocenters. The van der Waals surface area contributed by atoms with Gasteiger partial charge in [0.25, 0.3) is 0 Å². The van der Waals surface area contributed by atoms with Gasteiger partial charge in [-0.2, -0.15) is 5.10 Å². The fourth-order valence-electron chi connectivity index (χ4n) is 1.83. The van der Waals surface area contributed by atoms with Crippen molar-refractivity contribution in [2.75, 3.05) is 20.0 Å². The maximum Gasteiger partial charge on any atom is 0.346 e. The topological polar surface area (TPSA) is 98.6 Å². The minimum Gasteiger partial charge on any atom is -0.493 e. The van der Waals surface area contributed by atoms with Gasteiger partial charge in [0.1, 0.15) is 0 Å². The van der Waals surface area contributed by atoms with Gasteiger partial charge in [-0.25, -0.2) is 4.79 Å². The first-order chi connectivity index (χ1) is 11.9. The Bertz CT molecular complexity index is 738. The molecule has 1 amide bonds. The molecule has 0 aromatic heterocycles. The maximum absolute atomic E-state index is 11.5. The molecule has 1 aliphatic heterocycles. The first-order valence-corrected chi connectivity index (χ1v) is 8.88. The first-order valence-electron chi connectivity index (χ1n) is 7.10. The standard InChI is InChI=1S/C15H16BrN3O5S/c1-8(14(21)23-3)24-12-5-10(16)9(4-11(12)22-2)6-17-19-15-18-13(20)7-25-15/h4-6,8H,7H2,1-3H3,(H,18,19,20). The van der Waals surface area contributed by atoms with Crippen LogP contribution < -0.4 is 14.8 Å². The summed E-state index contributed by atoms with van der Waals surface area (Å²) < 4.78 is 16.2. The summed E-state index contributed by atoms with van der Waals surface area (Å²) in [5, 5.41) is 10.9. The van der Waals surface area contributed by atoms with Gasteiger partial charge in [-0.1, -0.05) is 11.8 Å². The van der Waals surface area contributed by atoms with Crippen LogP contribution in [0.1, 0.15) is 12.5 Å². The van der Waals surface area contributed by atoms with Crippen molar-refractivity contribution in [2.45, 2.75) is 13.0 Å². The highest BCUT2D eigenvalue weighted by Crippen LogP contribution is 2.33. The molecule has 1 N–H and O–H groups in total. The summed E-state index contributed by atoms with van der Waals surface area (Å²) in [6, 6.07) is 3.35. The normalized spacial score (nSPS) is 16.8. The largest absolute Gasteiger partial charge is 0.493 e. The van der Waals surface area contributed by atoms with E-state index in [2.05, 4.69) is 36.2 Å². The Kier molecular flexibility index (Phi) is 6.82. The summed E-state index contributed by atoms with van der Waals surface area (Å²) in [6.45, 7) is 1.58. The summed E-state index contributed by atoms with van der Waals surface area (Å²) in [5.41, 5.74) is 0.689. The van der Waals surface area contributed by atoms with Crippen molar-refractivity contribution in [2.24, 2.45) is 10.2 Å². The quantitative estimate of drug-likeness (QED) is 0.421. The van der Waals surface area contributed by atoms with Gasteiger partial charge in [0.15, 0.2) is 22.8 Å². The number of nitrogens with one attached hydrogen (secondary N) is 1. The maximum atomic E-state index is 11.5. The third-order valence-corrected chi connectivity index (χ3v) is 4.60. The van der Waals surface area contributed by atoms with Crippen LogP contribution in [0.5, 0.6) is 11.5 Å². The van der Waals surface area contributed by atoms with Crippen LogP contribution in [-0.2, 0) is 14.3 Å². The summed E-state index contributed by atoms with van der Waals surface area (Å²) in [4.78, 5) is 22.6. The van der Waals surface area contributed by atoms with Gasteiger partial charge in [0, 0.05) is 10.0 Å². The number of hydrogen-bond acceptors (Lipinski definition) is 8. The molecule has 10 heteroatoms. The van der Waals surface area contributed by atoms with E-state index >= 15 is 0 Å². The Hall–Kier alpha value is -2.07. The van der Waals surface area contributed by atoms with Crippen LogP contribution in [0.25, 0.3) is 0 Å². The second-order valence-corrected chi connectivity index (χ2v) is 6.61. The van der Waals surface area contributed by atoms with E-state index < -0.39 is 12.1 Å². The fourth-order valence-corrected chi connectivity index (χ4v) is 2.88. The highest BCUT2D eigenvalue weighted by atomic mass is 79.9. The van der Waals surface area contributed by atoms with Crippen LogP contribution in [0.15, 0.2) is 26.8 Å². The molecule has 0 spiro atoms. The number of rotatable bonds is 6. The third-order valence-electron chi connectivity index (χ3n) is 3.05. The number of carbonyl (C=O) groups is 2. The molecule has 1 fully saturated rings. The van der Waals surface area contributed by atoms with Gasteiger partial charge >= 0.3 is 5.97 Å². The predicted molar refractivity (Wildman–Crippen MR) is 98.4 cm³/mol. The van der Waals surface area contributed by atoms with E-state index in [9.17, 15) is 9.59 Å². The number of halogens is 1. The van der Waals surface area contributed by atoms with Crippen LogP contribution in [0, 0.1) is 0 Å². The van der Waals surface area contributed by atoms with Crippen molar-refractivity contribution >= 4 is 51.0 Å². The van der Waals surface area contributed by atoms with Gasteiger partial charge in [-0.3, -0.25) is 4.79 Å². The fraction of sp³-hybridized carbons (Fsp3) is 0.333. The second-order valence-electron chi connectivity index (χ2n) is 4.79. The Morgan fingerprint density at radius 2 is 2.16 bits per heavy atom. The van der Waals surface area contributed by atoms with E-state index in [1.54, 1.807) is 19.1 Å². The van der Waals surface area contributed by atoms with E-state index in [0.717, 1.165) is 0 Å². The second kappa shape index (κ2) is 8.86. The number of ether oxygens (including phenoxy) is 3. The molecular weight excluding hydrogens is 414 g/mol. The van der Waals surface area contributed by atoms with Crippen LogP contribution in [-0.4, -0.2) is 49.3 Å². The van der Waals surface area contributed by atoms with Crippen LogP contribution in [0.2, 0.25) is 0 Å². The van der Waals surface area contributed by atoms with Crippen LogP contribution in [0.3, 0.4) is 0 Å². The Balaban J connectivity index is 2.18. The lowest BCUT2D eigenvalue weighted by Crippen LogP contribution is -2.25. The van der Waals surface area contributed by atoms with E-state index in [0.29, 0.717) is 32.5 Å². The molecule has 25 heavy (non-hydrogen) atoms. The molecule has 0 bridgehead atoms. The number of hydrogen-bond donors (Lipinski definition) is 1. The number of benzene rings is 1. The highest BCUT2D eigenvalue weighted by molar-refractivity contribution is 9.10. The molecule has 1 saturated heterocycles. The smallest absolute Gasteiger partial charge is 0.346 e. The van der Waals surface area contributed by atoms with E-state index in [4.69, 9.17) is 9.47 Å². The van der Waals surface area contributed by atoms with Gasteiger partial charge < -0.3 is 19.5 Å². The van der Waals surface area contributed by atoms with Crippen molar-refractivity contribution < 1.29 is 23.8 Å². The van der Waals surface area contributed by atoms with Crippen molar-refractivity contribution in [3.63, 3.8) is 0 Å². The monoisotopic (exact) mass is 429 g/mol. The lowest BCUT2D eigenvalue weighted by atomic mass is 10.2. The molecule has 2 rings (SSSR count). The lowest BCUT2D eigenvalue weighted by Gasteiger charge is -2.16. The molecule has 1 aromatic carbocycles. The molecule has 0 aliphatic carbocycles. The van der Waals surface area contributed by atoms with E-state index in [-0.39, 0.29) is 5.91 Å². The number of amides is 1. The summed E-state index contributed by atoms with van der Waals surface area (Å²) in [6.07, 6.45) is 0.734. The zero-order chi connectivity index (χ0) is 18.4. The third kappa shape index (κ3) is 5.20. The minimum absolute atomic E-state index is 0.0944. The molecule has 0 saturated carbocycles. The number of methoxy groups -OCH3 is 2. The summed E-state index contributed by atoms with van der Waals surface area (Å²) in [7, 11) is 2.78. The summed E-state index contributed by atoms with van der Waals surface area (Å²) in [5.74, 6) is 0.570. The Morgan fingerprint density at radius 3 is 2.76 bits per heavy atom. The van der Waals surface area contributed by atoms with Gasteiger partial charge in [0.05, 0.1) is 26.2 Å². The van der Waals surface area contributed by atoms with Crippen molar-refractivity contribution in [1.29, 1.82) is 0 Å². The highest BCUT2D eigenvalue weighted by Gasteiger charge is 2.19. The molecule has 1 aliphatic rings. The molecule has 1 heterocycles. The Morgan fingerprint density at radius 1 is 1.40 bits per heavy atom. The molecule has 0 radical (unpaired) electrons. The van der Waals surface area contributed by atoms with Crippen molar-refractivity contribution in [3.8, 4) is 11.5 Å². The molecular formula is C15H16BrN3O5S. The zero-order valence-corrected chi connectivity index (χ0v) is 16.1. The van der Waals surface area contributed by atoms with Crippen molar-refractivity contribution in [3.05, 3.63) is 22.2 Å². The lowest BCUT2D eigenvalue weighted by molar-refractivity contribution is -0.147. The number of thioether (sulfide) groups is 1. The number of amidine groups is 1. The Labute approximate surface area is 157 Å². The van der Waals surface area contributed by atoms with Gasteiger partial charge in [-0.05, 0) is 35.0 Å². The van der Waals surface area contributed by atoms with Crippen molar-refractivity contribution in [1.82, 2.24) is 5.32 Å². The summed E-state index contributed by atoms with van der Waals surface area (Å²) >= 11 is 4.70. The first kappa shape index (κ1) is 19.3.